The smallest absolute Gasteiger partial charge is 0.159 e. The first kappa shape index (κ1) is 14.7. The number of Topliss-reactive ketones (excluding diaryl/α,β-unsaturated/α-hetero) is 1. The Labute approximate surface area is 123 Å². The SMILES string of the molecule is CC(=O)c1ccc(C#N)c(NCCc2cccc(F)c2)c1. The predicted octanol–water partition coefficient (Wildman–Crippen LogP) is 3.55. The molecule has 0 aromatic heterocycles. The lowest BCUT2D eigenvalue weighted by Crippen LogP contribution is -2.07. The summed E-state index contributed by atoms with van der Waals surface area (Å²) >= 11 is 0. The van der Waals surface area contributed by atoms with Gasteiger partial charge in [0, 0.05) is 12.1 Å². The monoisotopic (exact) mass is 282 g/mol. The van der Waals surface area contributed by atoms with Gasteiger partial charge >= 0.3 is 0 Å². The minimum Gasteiger partial charge on any atom is -0.384 e. The van der Waals surface area contributed by atoms with E-state index in [1.54, 1.807) is 24.3 Å². The number of anilines is 1. The van der Waals surface area contributed by atoms with Gasteiger partial charge in [0.05, 0.1) is 11.3 Å². The molecule has 0 atom stereocenters. The van der Waals surface area contributed by atoms with Crippen LogP contribution in [-0.2, 0) is 6.42 Å². The van der Waals surface area contributed by atoms with Gasteiger partial charge in [0.15, 0.2) is 5.78 Å². The van der Waals surface area contributed by atoms with Crippen LogP contribution in [0, 0.1) is 17.1 Å². The topological polar surface area (TPSA) is 52.9 Å². The standard InChI is InChI=1S/C17H15FN2O/c1-12(21)14-5-6-15(11-19)17(10-14)20-8-7-13-3-2-4-16(18)9-13/h2-6,9-10,20H,7-8H2,1H3. The van der Waals surface area contributed by atoms with E-state index in [1.807, 2.05) is 6.07 Å². The maximum atomic E-state index is 13.1. The molecule has 2 aromatic carbocycles. The fourth-order valence-electron chi connectivity index (χ4n) is 2.04. The lowest BCUT2D eigenvalue weighted by Gasteiger charge is -2.09. The van der Waals surface area contributed by atoms with Crippen molar-refractivity contribution in [2.45, 2.75) is 13.3 Å². The van der Waals surface area contributed by atoms with Crippen LogP contribution in [-0.4, -0.2) is 12.3 Å². The molecule has 0 spiro atoms. The number of nitriles is 1. The molecule has 0 bridgehead atoms. The third kappa shape index (κ3) is 3.90. The van der Waals surface area contributed by atoms with Crippen LogP contribution in [0.15, 0.2) is 42.5 Å². The Bertz CT molecular complexity index is 704. The van der Waals surface area contributed by atoms with Crippen LogP contribution in [0.3, 0.4) is 0 Å². The van der Waals surface area contributed by atoms with Gasteiger partial charge in [-0.25, -0.2) is 4.39 Å². The van der Waals surface area contributed by atoms with Crippen molar-refractivity contribution in [1.29, 1.82) is 5.26 Å². The molecule has 0 aliphatic rings. The first-order chi connectivity index (χ1) is 10.1. The van der Waals surface area contributed by atoms with Crippen molar-refractivity contribution in [3.8, 4) is 6.07 Å². The minimum absolute atomic E-state index is 0.0485. The van der Waals surface area contributed by atoms with Gasteiger partial charge in [0.25, 0.3) is 0 Å². The van der Waals surface area contributed by atoms with Crippen LogP contribution in [0.5, 0.6) is 0 Å². The molecule has 0 aliphatic carbocycles. The Morgan fingerprint density at radius 1 is 1.29 bits per heavy atom. The normalized spacial score (nSPS) is 9.95. The zero-order valence-corrected chi connectivity index (χ0v) is 11.7. The maximum Gasteiger partial charge on any atom is 0.159 e. The number of halogens is 1. The number of ketones is 1. The van der Waals surface area contributed by atoms with E-state index in [-0.39, 0.29) is 11.6 Å². The van der Waals surface area contributed by atoms with E-state index in [0.29, 0.717) is 29.8 Å². The molecule has 1 N–H and O–H groups in total. The number of carbonyl (C=O) groups excluding carboxylic acids is 1. The summed E-state index contributed by atoms with van der Waals surface area (Å²) in [6.07, 6.45) is 0.632. The third-order valence-corrected chi connectivity index (χ3v) is 3.16. The summed E-state index contributed by atoms with van der Waals surface area (Å²) in [4.78, 5) is 11.4. The molecule has 2 aromatic rings. The fourth-order valence-corrected chi connectivity index (χ4v) is 2.04. The van der Waals surface area contributed by atoms with Crippen LogP contribution in [0.25, 0.3) is 0 Å². The van der Waals surface area contributed by atoms with Crippen LogP contribution in [0.4, 0.5) is 10.1 Å². The maximum absolute atomic E-state index is 13.1. The molecule has 21 heavy (non-hydrogen) atoms. The summed E-state index contributed by atoms with van der Waals surface area (Å²) in [5.41, 5.74) is 2.55. The van der Waals surface area contributed by atoms with E-state index in [2.05, 4.69) is 11.4 Å². The van der Waals surface area contributed by atoms with Crippen molar-refractivity contribution in [3.63, 3.8) is 0 Å². The van der Waals surface area contributed by atoms with Gasteiger partial charge in [-0.15, -0.1) is 0 Å². The average molecular weight is 282 g/mol. The molecule has 0 heterocycles. The summed E-state index contributed by atoms with van der Waals surface area (Å²) in [6.45, 7) is 2.04. The predicted molar refractivity (Wildman–Crippen MR) is 79.8 cm³/mol. The third-order valence-electron chi connectivity index (χ3n) is 3.16. The second kappa shape index (κ2) is 6.67. The summed E-state index contributed by atoms with van der Waals surface area (Å²) in [6, 6.07) is 13.4. The summed E-state index contributed by atoms with van der Waals surface area (Å²) in [5, 5.41) is 12.2. The largest absolute Gasteiger partial charge is 0.384 e. The van der Waals surface area contributed by atoms with Crippen LogP contribution < -0.4 is 5.32 Å². The van der Waals surface area contributed by atoms with E-state index in [9.17, 15) is 9.18 Å². The Kier molecular flexibility index (Phi) is 4.68. The van der Waals surface area contributed by atoms with Crippen molar-refractivity contribution >= 4 is 11.5 Å². The fraction of sp³-hybridized carbons (Fsp3) is 0.176. The first-order valence-corrected chi connectivity index (χ1v) is 6.63. The zero-order valence-electron chi connectivity index (χ0n) is 11.7. The molecule has 0 aliphatic heterocycles. The van der Waals surface area contributed by atoms with Crippen molar-refractivity contribution in [2.75, 3.05) is 11.9 Å². The Balaban J connectivity index is 2.07. The molecule has 0 unspecified atom stereocenters. The molecule has 3 nitrogen and oxygen atoms in total. The molecule has 0 radical (unpaired) electrons. The molecule has 0 fully saturated rings. The highest BCUT2D eigenvalue weighted by atomic mass is 19.1. The van der Waals surface area contributed by atoms with E-state index in [1.165, 1.54) is 19.1 Å². The lowest BCUT2D eigenvalue weighted by molar-refractivity contribution is 0.101. The summed E-state index contributed by atoms with van der Waals surface area (Å²) < 4.78 is 13.1. The minimum atomic E-state index is -0.260. The summed E-state index contributed by atoms with van der Waals surface area (Å²) in [7, 11) is 0. The molecule has 0 saturated carbocycles. The molecular weight excluding hydrogens is 267 g/mol. The van der Waals surface area contributed by atoms with Gasteiger partial charge in [-0.3, -0.25) is 4.79 Å². The zero-order chi connectivity index (χ0) is 15.2. The second-order valence-electron chi connectivity index (χ2n) is 4.74. The van der Waals surface area contributed by atoms with E-state index in [0.717, 1.165) is 5.56 Å². The second-order valence-corrected chi connectivity index (χ2v) is 4.74. The Morgan fingerprint density at radius 2 is 2.10 bits per heavy atom. The van der Waals surface area contributed by atoms with Gasteiger partial charge < -0.3 is 5.32 Å². The van der Waals surface area contributed by atoms with Crippen LogP contribution in [0.2, 0.25) is 0 Å². The van der Waals surface area contributed by atoms with Gasteiger partial charge in [0.1, 0.15) is 11.9 Å². The van der Waals surface area contributed by atoms with Crippen LogP contribution >= 0.6 is 0 Å². The van der Waals surface area contributed by atoms with Gasteiger partial charge in [0.2, 0.25) is 0 Å². The van der Waals surface area contributed by atoms with Crippen LogP contribution in [0.1, 0.15) is 28.4 Å². The lowest BCUT2D eigenvalue weighted by atomic mass is 10.1. The van der Waals surface area contributed by atoms with Crippen molar-refractivity contribution < 1.29 is 9.18 Å². The Hall–Kier alpha value is -2.67. The molecular formula is C17H15FN2O. The van der Waals surface area contributed by atoms with Gasteiger partial charge in [-0.1, -0.05) is 12.1 Å². The highest BCUT2D eigenvalue weighted by Gasteiger charge is 2.06. The number of hydrogen-bond donors (Lipinski definition) is 1. The van der Waals surface area contributed by atoms with Crippen molar-refractivity contribution in [3.05, 3.63) is 65.0 Å². The van der Waals surface area contributed by atoms with Crippen molar-refractivity contribution in [1.82, 2.24) is 0 Å². The number of hydrogen-bond acceptors (Lipinski definition) is 3. The van der Waals surface area contributed by atoms with Gasteiger partial charge in [-0.2, -0.15) is 5.26 Å². The van der Waals surface area contributed by atoms with E-state index >= 15 is 0 Å². The highest BCUT2D eigenvalue weighted by Crippen LogP contribution is 2.17. The van der Waals surface area contributed by atoms with Crippen molar-refractivity contribution in [2.24, 2.45) is 0 Å². The highest BCUT2D eigenvalue weighted by molar-refractivity contribution is 5.95. The molecule has 0 amide bonds. The first-order valence-electron chi connectivity index (χ1n) is 6.63. The molecule has 106 valence electrons. The Morgan fingerprint density at radius 3 is 2.76 bits per heavy atom. The average Bonchev–Trinajstić information content (AvgIpc) is 2.47. The number of nitrogens with one attached hydrogen (secondary N) is 1. The molecule has 2 rings (SSSR count). The number of rotatable bonds is 5. The molecule has 4 heteroatoms. The van der Waals surface area contributed by atoms with E-state index < -0.39 is 0 Å². The quantitative estimate of drug-likeness (QED) is 0.853. The summed E-state index contributed by atoms with van der Waals surface area (Å²) in [5.74, 6) is -0.309. The van der Waals surface area contributed by atoms with E-state index in [4.69, 9.17) is 5.26 Å². The molecule has 0 saturated heterocycles. The number of nitrogens with zero attached hydrogens (tertiary/aromatic N) is 1. The number of benzene rings is 2. The number of carbonyl (C=O) groups is 1. The van der Waals surface area contributed by atoms with Gasteiger partial charge in [-0.05, 0) is 49.2 Å².